The van der Waals surface area contributed by atoms with E-state index in [-0.39, 0.29) is 5.91 Å². The smallest absolute Gasteiger partial charge is 0.260 e. The van der Waals surface area contributed by atoms with Crippen molar-refractivity contribution in [2.24, 2.45) is 0 Å². The minimum Gasteiger partial charge on any atom is -0.304 e. The number of nitriles is 1. The molecule has 0 saturated heterocycles. The first-order valence-electron chi connectivity index (χ1n) is 5.34. The first-order valence-corrected chi connectivity index (χ1v) is 5.34. The summed E-state index contributed by atoms with van der Waals surface area (Å²) in [6, 6.07) is 9.55. The van der Waals surface area contributed by atoms with Gasteiger partial charge in [0.1, 0.15) is 0 Å². The largest absolute Gasteiger partial charge is 0.304 e. The molecule has 84 valence electrons. The Morgan fingerprint density at radius 2 is 2.24 bits per heavy atom. The van der Waals surface area contributed by atoms with Crippen molar-refractivity contribution < 1.29 is 4.79 Å². The highest BCUT2D eigenvalue weighted by atomic mass is 16.2. The standard InChI is InChI=1S/C14H12N2O/c1-3-8-16-12-7-5-4-6-11(12)13(14(16)17)10(2)9-15/h3-7H,1,8H2,2H3/b13-10-. The summed E-state index contributed by atoms with van der Waals surface area (Å²) in [7, 11) is 0. The van der Waals surface area contributed by atoms with E-state index in [1.165, 1.54) is 0 Å². The van der Waals surface area contributed by atoms with E-state index in [1.807, 2.05) is 30.3 Å². The topological polar surface area (TPSA) is 44.1 Å². The van der Waals surface area contributed by atoms with Crippen LogP contribution in [-0.2, 0) is 4.79 Å². The lowest BCUT2D eigenvalue weighted by Crippen LogP contribution is -2.26. The maximum absolute atomic E-state index is 12.2. The molecule has 0 bridgehead atoms. The average Bonchev–Trinajstić information content (AvgIpc) is 2.63. The lowest BCUT2D eigenvalue weighted by Gasteiger charge is -2.13. The summed E-state index contributed by atoms with van der Waals surface area (Å²) in [5.41, 5.74) is 2.64. The highest BCUT2D eigenvalue weighted by Gasteiger charge is 2.32. The molecule has 0 fully saturated rings. The highest BCUT2D eigenvalue weighted by Crippen LogP contribution is 2.37. The van der Waals surface area contributed by atoms with Gasteiger partial charge in [0.25, 0.3) is 5.91 Å². The summed E-state index contributed by atoms with van der Waals surface area (Å²) in [6.07, 6.45) is 1.68. The second kappa shape index (κ2) is 4.26. The Kier molecular flexibility index (Phi) is 2.80. The Balaban J connectivity index is 2.66. The van der Waals surface area contributed by atoms with Crippen LogP contribution in [-0.4, -0.2) is 12.5 Å². The van der Waals surface area contributed by atoms with Gasteiger partial charge in [-0.25, -0.2) is 0 Å². The number of nitrogens with zero attached hydrogens (tertiary/aromatic N) is 2. The van der Waals surface area contributed by atoms with Gasteiger partial charge in [-0.2, -0.15) is 5.26 Å². The summed E-state index contributed by atoms with van der Waals surface area (Å²) in [6.45, 7) is 5.77. The molecule has 0 N–H and O–H groups in total. The molecule has 1 aromatic carbocycles. The molecule has 1 aliphatic heterocycles. The van der Waals surface area contributed by atoms with Crippen LogP contribution in [0.1, 0.15) is 12.5 Å². The number of benzene rings is 1. The molecular weight excluding hydrogens is 212 g/mol. The summed E-state index contributed by atoms with van der Waals surface area (Å²) >= 11 is 0. The normalized spacial score (nSPS) is 16.5. The van der Waals surface area contributed by atoms with Crippen LogP contribution in [0, 0.1) is 11.3 Å². The van der Waals surface area contributed by atoms with Gasteiger partial charge >= 0.3 is 0 Å². The Morgan fingerprint density at radius 3 is 2.88 bits per heavy atom. The maximum atomic E-state index is 12.2. The Hall–Kier alpha value is -2.34. The molecule has 1 amide bonds. The van der Waals surface area contributed by atoms with Crippen LogP contribution < -0.4 is 4.90 Å². The average molecular weight is 224 g/mol. The number of hydrogen-bond donors (Lipinski definition) is 0. The number of anilines is 1. The highest BCUT2D eigenvalue weighted by molar-refractivity contribution is 6.33. The zero-order valence-corrected chi connectivity index (χ0v) is 9.60. The first-order chi connectivity index (χ1) is 8.20. The SMILES string of the molecule is C=CCN1C(=O)/C(=C(/C)C#N)c2ccccc21. The molecule has 0 atom stereocenters. The molecule has 1 heterocycles. The third-order valence-corrected chi connectivity index (χ3v) is 2.78. The zero-order chi connectivity index (χ0) is 12.4. The van der Waals surface area contributed by atoms with Crippen molar-refractivity contribution >= 4 is 17.2 Å². The zero-order valence-electron chi connectivity index (χ0n) is 9.60. The monoisotopic (exact) mass is 224 g/mol. The number of amides is 1. The van der Waals surface area contributed by atoms with Gasteiger partial charge in [0.2, 0.25) is 0 Å². The van der Waals surface area contributed by atoms with Gasteiger partial charge in [0, 0.05) is 17.7 Å². The minimum absolute atomic E-state index is 0.120. The fourth-order valence-corrected chi connectivity index (χ4v) is 2.01. The fourth-order valence-electron chi connectivity index (χ4n) is 2.01. The summed E-state index contributed by atoms with van der Waals surface area (Å²) < 4.78 is 0. The number of allylic oxidation sites excluding steroid dienone is 1. The number of hydrogen-bond acceptors (Lipinski definition) is 2. The Bertz CT molecular complexity index is 564. The van der Waals surface area contributed by atoms with Crippen molar-refractivity contribution in [2.75, 3.05) is 11.4 Å². The van der Waals surface area contributed by atoms with E-state index >= 15 is 0 Å². The van der Waals surface area contributed by atoms with E-state index in [0.29, 0.717) is 17.7 Å². The molecule has 0 spiro atoms. The summed E-state index contributed by atoms with van der Waals surface area (Å²) in [4.78, 5) is 13.9. The van der Waals surface area contributed by atoms with Crippen molar-refractivity contribution in [3.8, 4) is 6.07 Å². The van der Waals surface area contributed by atoms with Crippen LogP contribution in [0.4, 0.5) is 5.69 Å². The van der Waals surface area contributed by atoms with Crippen LogP contribution in [0.2, 0.25) is 0 Å². The molecule has 1 aromatic rings. The van der Waals surface area contributed by atoms with Crippen molar-refractivity contribution in [3.05, 3.63) is 48.1 Å². The van der Waals surface area contributed by atoms with E-state index < -0.39 is 0 Å². The number of rotatable bonds is 2. The van der Waals surface area contributed by atoms with Gasteiger partial charge < -0.3 is 4.90 Å². The Morgan fingerprint density at radius 1 is 1.53 bits per heavy atom. The molecule has 17 heavy (non-hydrogen) atoms. The molecule has 1 aliphatic rings. The molecule has 2 rings (SSSR count). The molecule has 0 aromatic heterocycles. The van der Waals surface area contributed by atoms with Crippen molar-refractivity contribution in [3.63, 3.8) is 0 Å². The van der Waals surface area contributed by atoms with Crippen LogP contribution in [0.25, 0.3) is 5.57 Å². The molecular formula is C14H12N2O. The van der Waals surface area contributed by atoms with Gasteiger partial charge in [-0.1, -0.05) is 24.3 Å². The third-order valence-electron chi connectivity index (χ3n) is 2.78. The first kappa shape index (κ1) is 11.2. The number of para-hydroxylation sites is 1. The van der Waals surface area contributed by atoms with E-state index in [4.69, 9.17) is 5.26 Å². The predicted octanol–water partition coefficient (Wildman–Crippen LogP) is 2.52. The second-order valence-corrected chi connectivity index (χ2v) is 3.83. The lowest BCUT2D eigenvalue weighted by atomic mass is 10.0. The minimum atomic E-state index is -0.120. The molecule has 0 unspecified atom stereocenters. The van der Waals surface area contributed by atoms with Crippen LogP contribution in [0.3, 0.4) is 0 Å². The van der Waals surface area contributed by atoms with Crippen LogP contribution >= 0.6 is 0 Å². The third kappa shape index (κ3) is 1.64. The quantitative estimate of drug-likeness (QED) is 0.440. The van der Waals surface area contributed by atoms with Gasteiger partial charge in [-0.3, -0.25) is 4.79 Å². The summed E-state index contributed by atoms with van der Waals surface area (Å²) in [5, 5.41) is 8.96. The van der Waals surface area contributed by atoms with Crippen molar-refractivity contribution in [1.82, 2.24) is 0 Å². The second-order valence-electron chi connectivity index (χ2n) is 3.83. The lowest BCUT2D eigenvalue weighted by molar-refractivity contribution is -0.112. The molecule has 0 radical (unpaired) electrons. The molecule has 0 saturated carbocycles. The van der Waals surface area contributed by atoms with Gasteiger partial charge in [-0.05, 0) is 13.0 Å². The van der Waals surface area contributed by atoms with Crippen LogP contribution in [0.5, 0.6) is 0 Å². The van der Waals surface area contributed by atoms with E-state index in [9.17, 15) is 4.79 Å². The van der Waals surface area contributed by atoms with Gasteiger partial charge in [-0.15, -0.1) is 6.58 Å². The van der Waals surface area contributed by atoms with Gasteiger partial charge in [0.15, 0.2) is 0 Å². The van der Waals surface area contributed by atoms with Crippen LogP contribution in [0.15, 0.2) is 42.5 Å². The number of fused-ring (bicyclic) bond motifs is 1. The van der Waals surface area contributed by atoms with Gasteiger partial charge in [0.05, 0.1) is 17.3 Å². The molecule has 0 aliphatic carbocycles. The van der Waals surface area contributed by atoms with E-state index in [1.54, 1.807) is 17.9 Å². The predicted molar refractivity (Wildman–Crippen MR) is 67.2 cm³/mol. The maximum Gasteiger partial charge on any atom is 0.260 e. The van der Waals surface area contributed by atoms with Crippen molar-refractivity contribution in [2.45, 2.75) is 6.92 Å². The molecule has 3 nitrogen and oxygen atoms in total. The summed E-state index contributed by atoms with van der Waals surface area (Å²) in [5.74, 6) is -0.120. The van der Waals surface area contributed by atoms with E-state index in [2.05, 4.69) is 6.58 Å². The molecule has 3 heteroatoms. The van der Waals surface area contributed by atoms with E-state index in [0.717, 1.165) is 11.3 Å². The Labute approximate surface area is 100 Å². The fraction of sp³-hybridized carbons (Fsp3) is 0.143. The van der Waals surface area contributed by atoms with Crippen molar-refractivity contribution in [1.29, 1.82) is 5.26 Å². The number of carbonyl (C=O) groups is 1. The number of carbonyl (C=O) groups excluding carboxylic acids is 1.